The van der Waals surface area contributed by atoms with Crippen LogP contribution in [0.5, 0.6) is 0 Å². The maximum atomic E-state index is 12.0. The molecule has 1 aromatic carbocycles. The SMILES string of the molecule is C[C@@H](NC(=O)c1cccs1)c1ccc(-n2ccnc2)cc1. The van der Waals surface area contributed by atoms with E-state index in [0.717, 1.165) is 16.1 Å². The lowest BCUT2D eigenvalue weighted by Crippen LogP contribution is -2.25. The molecule has 1 atom stereocenters. The Labute approximate surface area is 127 Å². The second-order valence-corrected chi connectivity index (χ2v) is 5.68. The first-order chi connectivity index (χ1) is 10.2. The molecule has 0 fully saturated rings. The molecule has 0 radical (unpaired) electrons. The number of nitrogens with zero attached hydrogens (tertiary/aromatic N) is 2. The molecule has 0 aliphatic rings. The van der Waals surface area contributed by atoms with Crippen LogP contribution >= 0.6 is 11.3 Å². The summed E-state index contributed by atoms with van der Waals surface area (Å²) in [6.45, 7) is 1.98. The summed E-state index contributed by atoms with van der Waals surface area (Å²) in [5.74, 6) is -0.0313. The van der Waals surface area contributed by atoms with E-state index in [0.29, 0.717) is 0 Å². The molecule has 3 aromatic rings. The van der Waals surface area contributed by atoms with Crippen molar-refractivity contribution in [3.63, 3.8) is 0 Å². The molecule has 1 N–H and O–H groups in total. The zero-order valence-corrected chi connectivity index (χ0v) is 12.4. The number of hydrogen-bond acceptors (Lipinski definition) is 3. The van der Waals surface area contributed by atoms with Gasteiger partial charge < -0.3 is 9.88 Å². The Kier molecular flexibility index (Phi) is 3.83. The van der Waals surface area contributed by atoms with E-state index in [-0.39, 0.29) is 11.9 Å². The number of nitrogens with one attached hydrogen (secondary N) is 1. The molecule has 0 aliphatic carbocycles. The number of hydrogen-bond donors (Lipinski definition) is 1. The van der Waals surface area contributed by atoms with Crippen molar-refractivity contribution in [3.8, 4) is 5.69 Å². The number of carbonyl (C=O) groups is 1. The quantitative estimate of drug-likeness (QED) is 0.802. The van der Waals surface area contributed by atoms with E-state index in [2.05, 4.69) is 10.3 Å². The van der Waals surface area contributed by atoms with Gasteiger partial charge in [-0.25, -0.2) is 4.98 Å². The highest BCUT2D eigenvalue weighted by molar-refractivity contribution is 7.12. The third-order valence-electron chi connectivity index (χ3n) is 3.29. The van der Waals surface area contributed by atoms with Crippen molar-refractivity contribution in [2.24, 2.45) is 0 Å². The first kappa shape index (κ1) is 13.6. The van der Waals surface area contributed by atoms with Crippen molar-refractivity contribution < 1.29 is 4.79 Å². The summed E-state index contributed by atoms with van der Waals surface area (Å²) < 4.78 is 1.94. The van der Waals surface area contributed by atoms with Crippen molar-refractivity contribution in [1.82, 2.24) is 14.9 Å². The van der Waals surface area contributed by atoms with Gasteiger partial charge in [0.15, 0.2) is 0 Å². The van der Waals surface area contributed by atoms with Crippen LogP contribution in [0, 0.1) is 0 Å². The van der Waals surface area contributed by atoms with Crippen LogP contribution in [-0.2, 0) is 0 Å². The first-order valence-corrected chi connectivity index (χ1v) is 7.54. The third kappa shape index (κ3) is 3.03. The fraction of sp³-hybridized carbons (Fsp3) is 0.125. The van der Waals surface area contributed by atoms with Gasteiger partial charge in [0.1, 0.15) is 0 Å². The molecule has 0 unspecified atom stereocenters. The molecular formula is C16H15N3OS. The maximum absolute atomic E-state index is 12.0. The molecule has 0 spiro atoms. The fourth-order valence-electron chi connectivity index (χ4n) is 2.11. The summed E-state index contributed by atoms with van der Waals surface area (Å²) in [7, 11) is 0. The number of aromatic nitrogens is 2. The molecule has 21 heavy (non-hydrogen) atoms. The van der Waals surface area contributed by atoms with E-state index in [1.807, 2.05) is 59.5 Å². The second kappa shape index (κ2) is 5.93. The van der Waals surface area contributed by atoms with Crippen molar-refractivity contribution >= 4 is 17.2 Å². The molecule has 106 valence electrons. The number of amides is 1. The minimum absolute atomic E-state index is 0.0311. The molecule has 0 saturated carbocycles. The Morgan fingerprint density at radius 3 is 2.71 bits per heavy atom. The van der Waals surface area contributed by atoms with E-state index in [1.54, 1.807) is 12.5 Å². The molecule has 0 aliphatic heterocycles. The molecule has 2 aromatic heterocycles. The number of rotatable bonds is 4. The van der Waals surface area contributed by atoms with Crippen molar-refractivity contribution in [2.75, 3.05) is 0 Å². The third-order valence-corrected chi connectivity index (χ3v) is 4.16. The number of carbonyl (C=O) groups excluding carboxylic acids is 1. The Bertz CT molecular complexity index is 703. The Morgan fingerprint density at radius 2 is 2.10 bits per heavy atom. The molecule has 1 amide bonds. The Balaban J connectivity index is 1.70. The first-order valence-electron chi connectivity index (χ1n) is 6.67. The highest BCUT2D eigenvalue weighted by atomic mass is 32.1. The van der Waals surface area contributed by atoms with E-state index in [9.17, 15) is 4.79 Å². The predicted molar refractivity (Wildman–Crippen MR) is 83.8 cm³/mol. The molecule has 5 heteroatoms. The predicted octanol–water partition coefficient (Wildman–Crippen LogP) is 3.42. The average Bonchev–Trinajstić information content (AvgIpc) is 3.20. The highest BCUT2D eigenvalue weighted by Gasteiger charge is 2.12. The van der Waals surface area contributed by atoms with Crippen LogP contribution in [0.2, 0.25) is 0 Å². The van der Waals surface area contributed by atoms with Gasteiger partial charge in [-0.1, -0.05) is 18.2 Å². The monoisotopic (exact) mass is 297 g/mol. The van der Waals surface area contributed by atoms with Gasteiger partial charge in [-0.15, -0.1) is 11.3 Å². The van der Waals surface area contributed by atoms with Crippen molar-refractivity contribution in [2.45, 2.75) is 13.0 Å². The number of imidazole rings is 1. The minimum Gasteiger partial charge on any atom is -0.345 e. The lowest BCUT2D eigenvalue weighted by Gasteiger charge is -2.14. The summed E-state index contributed by atoms with van der Waals surface area (Å²) in [6, 6.07) is 11.8. The zero-order chi connectivity index (χ0) is 14.7. The van der Waals surface area contributed by atoms with Gasteiger partial charge in [-0.2, -0.15) is 0 Å². The summed E-state index contributed by atoms with van der Waals surface area (Å²) in [5, 5.41) is 4.91. The molecule has 0 saturated heterocycles. The van der Waals surface area contributed by atoms with E-state index >= 15 is 0 Å². The van der Waals surface area contributed by atoms with Crippen LogP contribution in [-0.4, -0.2) is 15.5 Å². The molecule has 4 nitrogen and oxygen atoms in total. The zero-order valence-electron chi connectivity index (χ0n) is 11.6. The van der Waals surface area contributed by atoms with E-state index in [1.165, 1.54) is 11.3 Å². The highest BCUT2D eigenvalue weighted by Crippen LogP contribution is 2.17. The van der Waals surface area contributed by atoms with Gasteiger partial charge in [0.2, 0.25) is 0 Å². The molecular weight excluding hydrogens is 282 g/mol. The summed E-state index contributed by atoms with van der Waals surface area (Å²) in [6.07, 6.45) is 5.41. The molecule has 2 heterocycles. The van der Waals surface area contributed by atoms with E-state index < -0.39 is 0 Å². The van der Waals surface area contributed by atoms with Crippen LogP contribution in [0.15, 0.2) is 60.5 Å². The summed E-state index contributed by atoms with van der Waals surface area (Å²) in [5.41, 5.74) is 2.12. The van der Waals surface area contributed by atoms with Gasteiger partial charge in [-0.05, 0) is 36.1 Å². The number of benzene rings is 1. The summed E-state index contributed by atoms with van der Waals surface area (Å²) >= 11 is 1.45. The lowest BCUT2D eigenvalue weighted by atomic mass is 10.1. The van der Waals surface area contributed by atoms with Gasteiger partial charge in [0.05, 0.1) is 17.2 Å². The van der Waals surface area contributed by atoms with Gasteiger partial charge in [0, 0.05) is 18.1 Å². The van der Waals surface area contributed by atoms with Gasteiger partial charge in [-0.3, -0.25) is 4.79 Å². The largest absolute Gasteiger partial charge is 0.345 e. The molecule has 3 rings (SSSR count). The average molecular weight is 297 g/mol. The minimum atomic E-state index is -0.0313. The van der Waals surface area contributed by atoms with Gasteiger partial charge in [0.25, 0.3) is 5.91 Å². The van der Waals surface area contributed by atoms with Crippen LogP contribution < -0.4 is 5.32 Å². The maximum Gasteiger partial charge on any atom is 0.261 e. The van der Waals surface area contributed by atoms with E-state index in [4.69, 9.17) is 0 Å². The van der Waals surface area contributed by atoms with Crippen LogP contribution in [0.25, 0.3) is 5.69 Å². The summed E-state index contributed by atoms with van der Waals surface area (Å²) in [4.78, 5) is 16.8. The normalized spacial score (nSPS) is 12.0. The molecule has 0 bridgehead atoms. The van der Waals surface area contributed by atoms with Crippen LogP contribution in [0.4, 0.5) is 0 Å². The second-order valence-electron chi connectivity index (χ2n) is 4.73. The lowest BCUT2D eigenvalue weighted by molar-refractivity contribution is 0.0944. The van der Waals surface area contributed by atoms with Crippen molar-refractivity contribution in [1.29, 1.82) is 0 Å². The Hall–Kier alpha value is -2.40. The van der Waals surface area contributed by atoms with Crippen molar-refractivity contribution in [3.05, 3.63) is 70.9 Å². The number of thiophene rings is 1. The Morgan fingerprint density at radius 1 is 1.29 bits per heavy atom. The smallest absolute Gasteiger partial charge is 0.261 e. The standard InChI is InChI=1S/C16H15N3OS/c1-12(18-16(20)15-3-2-10-21-15)13-4-6-14(7-5-13)19-9-8-17-11-19/h2-12H,1H3,(H,18,20)/t12-/m1/s1. The van der Waals surface area contributed by atoms with Crippen LogP contribution in [0.1, 0.15) is 28.2 Å². The van der Waals surface area contributed by atoms with Gasteiger partial charge >= 0.3 is 0 Å². The topological polar surface area (TPSA) is 46.9 Å². The fourth-order valence-corrected chi connectivity index (χ4v) is 2.73. The van der Waals surface area contributed by atoms with Crippen LogP contribution in [0.3, 0.4) is 0 Å².